The van der Waals surface area contributed by atoms with Crippen molar-refractivity contribution in [2.75, 3.05) is 0 Å². The second kappa shape index (κ2) is 4.14. The van der Waals surface area contributed by atoms with Crippen molar-refractivity contribution < 1.29 is 0 Å². The van der Waals surface area contributed by atoms with E-state index in [4.69, 9.17) is 0 Å². The third-order valence-corrected chi connectivity index (χ3v) is 4.16. The van der Waals surface area contributed by atoms with E-state index < -0.39 is 0 Å². The van der Waals surface area contributed by atoms with Gasteiger partial charge in [-0.1, -0.05) is 30.3 Å². The predicted octanol–water partition coefficient (Wildman–Crippen LogP) is 4.51. The van der Waals surface area contributed by atoms with Gasteiger partial charge in [-0.2, -0.15) is 5.10 Å². The molecule has 2 nitrogen and oxygen atoms in total. The number of hydrogen-bond donors (Lipinski definition) is 0. The third-order valence-electron chi connectivity index (χ3n) is 3.28. The Labute approximate surface area is 114 Å². The first-order valence-corrected chi connectivity index (χ1v) is 6.98. The molecule has 0 aliphatic carbocycles. The fourth-order valence-electron chi connectivity index (χ4n) is 2.37. The summed E-state index contributed by atoms with van der Waals surface area (Å²) in [7, 11) is 0. The van der Waals surface area contributed by atoms with Crippen molar-refractivity contribution >= 4 is 32.9 Å². The molecular weight excluding hydrogens is 252 g/mol. The Morgan fingerprint density at radius 1 is 0.842 bits per heavy atom. The summed E-state index contributed by atoms with van der Waals surface area (Å²) < 4.78 is 0. The van der Waals surface area contributed by atoms with E-state index in [0.29, 0.717) is 0 Å². The Morgan fingerprint density at radius 2 is 1.68 bits per heavy atom. The van der Waals surface area contributed by atoms with E-state index >= 15 is 0 Å². The van der Waals surface area contributed by atoms with Gasteiger partial charge in [0.05, 0.1) is 11.1 Å². The number of rotatable bonds is 1. The summed E-state index contributed by atoms with van der Waals surface area (Å²) in [6.45, 7) is 0. The average molecular weight is 262 g/mol. The summed E-state index contributed by atoms with van der Waals surface area (Å²) in [5, 5.41) is 15.3. The maximum atomic E-state index is 4.32. The smallest absolute Gasteiger partial charge is 0.111 e. The first kappa shape index (κ1) is 10.6. The van der Waals surface area contributed by atoms with Crippen molar-refractivity contribution in [1.29, 1.82) is 0 Å². The summed E-state index contributed by atoms with van der Waals surface area (Å²) in [5.74, 6) is 0. The van der Waals surface area contributed by atoms with E-state index in [0.717, 1.165) is 21.3 Å². The highest BCUT2D eigenvalue weighted by Crippen LogP contribution is 2.31. The van der Waals surface area contributed by atoms with Crippen LogP contribution in [-0.4, -0.2) is 10.2 Å². The number of fused-ring (bicyclic) bond motifs is 2. The highest BCUT2D eigenvalue weighted by molar-refractivity contribution is 7.13. The molecule has 0 aliphatic rings. The van der Waals surface area contributed by atoms with Crippen LogP contribution in [0.15, 0.2) is 60.1 Å². The molecule has 0 unspecified atom stereocenters. The molecule has 90 valence electrons. The SMILES string of the molecule is c1csc(-c2nncc3cc4ccccc4cc23)c1. The average Bonchev–Trinajstić information content (AvgIpc) is 2.98. The largest absolute Gasteiger partial charge is 0.158 e. The number of nitrogens with zero attached hydrogens (tertiary/aromatic N) is 2. The fraction of sp³-hybridized carbons (Fsp3) is 0. The minimum absolute atomic E-state index is 0.971. The molecular formula is C16H10N2S. The van der Waals surface area contributed by atoms with Crippen LogP contribution in [0.4, 0.5) is 0 Å². The first-order chi connectivity index (χ1) is 9.42. The van der Waals surface area contributed by atoms with Crippen LogP contribution in [0, 0.1) is 0 Å². The fourth-order valence-corrected chi connectivity index (χ4v) is 3.09. The van der Waals surface area contributed by atoms with Gasteiger partial charge in [0.15, 0.2) is 0 Å². The summed E-state index contributed by atoms with van der Waals surface area (Å²) in [6, 6.07) is 16.9. The molecule has 0 bridgehead atoms. The lowest BCUT2D eigenvalue weighted by Gasteiger charge is -2.05. The Hall–Kier alpha value is -2.26. The van der Waals surface area contributed by atoms with Crippen LogP contribution >= 0.6 is 11.3 Å². The molecule has 0 atom stereocenters. The lowest BCUT2D eigenvalue weighted by Crippen LogP contribution is -1.88. The van der Waals surface area contributed by atoms with Crippen LogP contribution in [0.25, 0.3) is 32.1 Å². The van der Waals surface area contributed by atoms with Gasteiger partial charge in [-0.05, 0) is 34.4 Å². The van der Waals surface area contributed by atoms with Gasteiger partial charge in [0.2, 0.25) is 0 Å². The molecule has 0 aliphatic heterocycles. The molecule has 4 rings (SSSR count). The number of benzene rings is 2. The maximum absolute atomic E-state index is 4.32. The lowest BCUT2D eigenvalue weighted by molar-refractivity contribution is 1.06. The van der Waals surface area contributed by atoms with Gasteiger partial charge in [-0.15, -0.1) is 16.4 Å². The van der Waals surface area contributed by atoms with Crippen LogP contribution in [0.5, 0.6) is 0 Å². The zero-order chi connectivity index (χ0) is 12.7. The molecule has 0 amide bonds. The van der Waals surface area contributed by atoms with E-state index in [1.54, 1.807) is 11.3 Å². The molecule has 0 fully saturated rings. The van der Waals surface area contributed by atoms with Crippen molar-refractivity contribution in [3.63, 3.8) is 0 Å². The molecule has 0 saturated heterocycles. The maximum Gasteiger partial charge on any atom is 0.111 e. The highest BCUT2D eigenvalue weighted by Gasteiger charge is 2.08. The van der Waals surface area contributed by atoms with E-state index in [-0.39, 0.29) is 0 Å². The summed E-state index contributed by atoms with van der Waals surface area (Å²) in [5.41, 5.74) is 0.971. The van der Waals surface area contributed by atoms with Crippen LogP contribution < -0.4 is 0 Å². The summed E-state index contributed by atoms with van der Waals surface area (Å²) in [4.78, 5) is 1.16. The van der Waals surface area contributed by atoms with Gasteiger partial charge in [-0.3, -0.25) is 0 Å². The molecule has 0 radical (unpaired) electrons. The topological polar surface area (TPSA) is 25.8 Å². The quantitative estimate of drug-likeness (QED) is 0.472. The van der Waals surface area contributed by atoms with E-state index in [9.17, 15) is 0 Å². The second-order valence-corrected chi connectivity index (χ2v) is 5.40. The Balaban J connectivity index is 2.12. The summed E-state index contributed by atoms with van der Waals surface area (Å²) in [6.07, 6.45) is 1.83. The normalized spacial score (nSPS) is 11.2. The van der Waals surface area contributed by atoms with Crippen molar-refractivity contribution in [2.45, 2.75) is 0 Å². The molecule has 4 aromatic rings. The third kappa shape index (κ3) is 1.71. The van der Waals surface area contributed by atoms with Crippen molar-refractivity contribution in [2.24, 2.45) is 0 Å². The standard InChI is InChI=1S/C16H10N2S/c1-2-5-12-9-14-13(8-11(12)4-1)10-17-18-16(14)15-6-3-7-19-15/h1-10H. The Bertz CT molecular complexity index is 866. The van der Waals surface area contributed by atoms with E-state index in [1.165, 1.54) is 10.8 Å². The number of hydrogen-bond acceptors (Lipinski definition) is 3. The first-order valence-electron chi connectivity index (χ1n) is 6.10. The zero-order valence-corrected chi connectivity index (χ0v) is 10.9. The molecule has 0 spiro atoms. The van der Waals surface area contributed by atoms with Crippen LogP contribution in [0.1, 0.15) is 0 Å². The predicted molar refractivity (Wildman–Crippen MR) is 80.4 cm³/mol. The molecule has 19 heavy (non-hydrogen) atoms. The van der Waals surface area contributed by atoms with Crippen LogP contribution in [0.3, 0.4) is 0 Å². The molecule has 0 saturated carbocycles. The number of aromatic nitrogens is 2. The van der Waals surface area contributed by atoms with Crippen molar-refractivity contribution in [3.8, 4) is 10.6 Å². The molecule has 3 heteroatoms. The lowest BCUT2D eigenvalue weighted by atomic mass is 10.0. The van der Waals surface area contributed by atoms with Gasteiger partial charge in [0, 0.05) is 10.8 Å². The van der Waals surface area contributed by atoms with Crippen LogP contribution in [0.2, 0.25) is 0 Å². The van der Waals surface area contributed by atoms with Crippen molar-refractivity contribution in [3.05, 3.63) is 60.1 Å². The van der Waals surface area contributed by atoms with Crippen LogP contribution in [-0.2, 0) is 0 Å². The molecule has 0 N–H and O–H groups in total. The second-order valence-electron chi connectivity index (χ2n) is 4.46. The zero-order valence-electron chi connectivity index (χ0n) is 10.1. The molecule has 2 aromatic heterocycles. The molecule has 2 heterocycles. The van der Waals surface area contributed by atoms with Gasteiger partial charge in [0.25, 0.3) is 0 Å². The van der Waals surface area contributed by atoms with E-state index in [2.05, 4.69) is 58.0 Å². The van der Waals surface area contributed by atoms with Gasteiger partial charge in [-0.25, -0.2) is 0 Å². The number of thiophene rings is 1. The monoisotopic (exact) mass is 262 g/mol. The van der Waals surface area contributed by atoms with Gasteiger partial charge >= 0.3 is 0 Å². The Morgan fingerprint density at radius 3 is 2.47 bits per heavy atom. The van der Waals surface area contributed by atoms with Crippen molar-refractivity contribution in [1.82, 2.24) is 10.2 Å². The van der Waals surface area contributed by atoms with Gasteiger partial charge < -0.3 is 0 Å². The minimum Gasteiger partial charge on any atom is -0.158 e. The van der Waals surface area contributed by atoms with Gasteiger partial charge in [0.1, 0.15) is 5.69 Å². The Kier molecular flexibility index (Phi) is 2.32. The summed E-state index contributed by atoms with van der Waals surface area (Å²) >= 11 is 1.69. The minimum atomic E-state index is 0.971. The van der Waals surface area contributed by atoms with E-state index in [1.807, 2.05) is 12.3 Å². The highest BCUT2D eigenvalue weighted by atomic mass is 32.1. The molecule has 2 aromatic carbocycles.